The zero-order valence-corrected chi connectivity index (χ0v) is 9.87. The summed E-state index contributed by atoms with van der Waals surface area (Å²) in [5.41, 5.74) is 1.92. The van der Waals surface area contributed by atoms with Gasteiger partial charge in [-0.3, -0.25) is 0 Å². The predicted molar refractivity (Wildman–Crippen MR) is 66.7 cm³/mol. The van der Waals surface area contributed by atoms with Crippen molar-refractivity contribution in [3.8, 4) is 0 Å². The Morgan fingerprint density at radius 1 is 1.00 bits per heavy atom. The number of hydrogen-bond acceptors (Lipinski definition) is 2. The van der Waals surface area contributed by atoms with Gasteiger partial charge >= 0.3 is 0 Å². The molecule has 1 aliphatic heterocycles. The SMILES string of the molecule is CC1(C)CCN(c2ccccc2)CC1.N. The van der Waals surface area contributed by atoms with Gasteiger partial charge in [-0.1, -0.05) is 32.0 Å². The van der Waals surface area contributed by atoms with E-state index >= 15 is 0 Å². The Morgan fingerprint density at radius 2 is 1.53 bits per heavy atom. The van der Waals surface area contributed by atoms with E-state index in [-0.39, 0.29) is 6.15 Å². The van der Waals surface area contributed by atoms with Crippen LogP contribution in [-0.2, 0) is 0 Å². The first kappa shape index (κ1) is 12.1. The van der Waals surface area contributed by atoms with E-state index in [2.05, 4.69) is 49.1 Å². The van der Waals surface area contributed by atoms with E-state index in [0.29, 0.717) is 5.41 Å². The van der Waals surface area contributed by atoms with Crippen LogP contribution in [0, 0.1) is 5.41 Å². The number of rotatable bonds is 1. The first-order valence-electron chi connectivity index (χ1n) is 5.47. The van der Waals surface area contributed by atoms with Gasteiger partial charge in [0, 0.05) is 18.8 Å². The summed E-state index contributed by atoms with van der Waals surface area (Å²) in [6, 6.07) is 10.7. The molecular weight excluding hydrogens is 184 g/mol. The summed E-state index contributed by atoms with van der Waals surface area (Å²) in [5.74, 6) is 0. The van der Waals surface area contributed by atoms with Gasteiger partial charge in [-0.05, 0) is 30.4 Å². The monoisotopic (exact) mass is 206 g/mol. The van der Waals surface area contributed by atoms with Crippen molar-refractivity contribution in [2.45, 2.75) is 26.7 Å². The lowest BCUT2D eigenvalue weighted by Crippen LogP contribution is -2.37. The molecule has 0 radical (unpaired) electrons. The molecule has 3 N–H and O–H groups in total. The molecule has 1 heterocycles. The minimum absolute atomic E-state index is 0. The van der Waals surface area contributed by atoms with Gasteiger partial charge < -0.3 is 11.1 Å². The number of anilines is 1. The molecule has 84 valence electrons. The third kappa shape index (κ3) is 2.96. The molecule has 0 spiro atoms. The van der Waals surface area contributed by atoms with Crippen LogP contribution in [0.3, 0.4) is 0 Å². The van der Waals surface area contributed by atoms with Gasteiger partial charge in [0.05, 0.1) is 0 Å². The highest BCUT2D eigenvalue weighted by Gasteiger charge is 2.25. The fourth-order valence-corrected chi connectivity index (χ4v) is 2.01. The third-order valence-electron chi connectivity index (χ3n) is 3.24. The zero-order chi connectivity index (χ0) is 10.0. The Balaban J connectivity index is 0.00000112. The van der Waals surface area contributed by atoms with E-state index in [4.69, 9.17) is 0 Å². The van der Waals surface area contributed by atoms with Crippen molar-refractivity contribution >= 4 is 5.69 Å². The fourth-order valence-electron chi connectivity index (χ4n) is 2.01. The topological polar surface area (TPSA) is 38.2 Å². The summed E-state index contributed by atoms with van der Waals surface area (Å²) >= 11 is 0. The van der Waals surface area contributed by atoms with Crippen LogP contribution in [0.2, 0.25) is 0 Å². The van der Waals surface area contributed by atoms with Crippen LogP contribution in [0.15, 0.2) is 30.3 Å². The summed E-state index contributed by atoms with van der Waals surface area (Å²) in [6.07, 6.45) is 2.61. The van der Waals surface area contributed by atoms with Gasteiger partial charge in [-0.15, -0.1) is 0 Å². The van der Waals surface area contributed by atoms with E-state index in [1.54, 1.807) is 0 Å². The summed E-state index contributed by atoms with van der Waals surface area (Å²) in [7, 11) is 0. The van der Waals surface area contributed by atoms with Crippen molar-refractivity contribution < 1.29 is 0 Å². The highest BCUT2D eigenvalue weighted by atomic mass is 15.1. The molecule has 1 saturated heterocycles. The highest BCUT2D eigenvalue weighted by Crippen LogP contribution is 2.31. The van der Waals surface area contributed by atoms with Crippen LogP contribution in [0.4, 0.5) is 5.69 Å². The van der Waals surface area contributed by atoms with Gasteiger partial charge in [0.2, 0.25) is 0 Å². The largest absolute Gasteiger partial charge is 0.371 e. The molecule has 0 unspecified atom stereocenters. The maximum atomic E-state index is 2.49. The van der Waals surface area contributed by atoms with Crippen LogP contribution in [0.1, 0.15) is 26.7 Å². The first-order valence-corrected chi connectivity index (χ1v) is 5.47. The first-order chi connectivity index (χ1) is 6.67. The van der Waals surface area contributed by atoms with E-state index in [1.807, 2.05) is 0 Å². The molecule has 0 aliphatic carbocycles. The Hall–Kier alpha value is -1.02. The van der Waals surface area contributed by atoms with Gasteiger partial charge in [-0.2, -0.15) is 0 Å². The Kier molecular flexibility index (Phi) is 3.75. The van der Waals surface area contributed by atoms with Gasteiger partial charge in [0.25, 0.3) is 0 Å². The quantitative estimate of drug-likeness (QED) is 0.764. The van der Waals surface area contributed by atoms with Gasteiger partial charge in [-0.25, -0.2) is 0 Å². The van der Waals surface area contributed by atoms with Crippen molar-refractivity contribution in [1.29, 1.82) is 0 Å². The van der Waals surface area contributed by atoms with Crippen LogP contribution < -0.4 is 11.1 Å². The number of benzene rings is 1. The highest BCUT2D eigenvalue weighted by molar-refractivity contribution is 5.46. The van der Waals surface area contributed by atoms with E-state index in [9.17, 15) is 0 Å². The molecule has 2 nitrogen and oxygen atoms in total. The minimum atomic E-state index is 0. The van der Waals surface area contributed by atoms with E-state index < -0.39 is 0 Å². The molecule has 0 atom stereocenters. The average Bonchev–Trinajstić information content (AvgIpc) is 2.19. The summed E-state index contributed by atoms with van der Waals surface area (Å²) in [5, 5.41) is 0. The van der Waals surface area contributed by atoms with Crippen molar-refractivity contribution in [1.82, 2.24) is 6.15 Å². The zero-order valence-electron chi connectivity index (χ0n) is 9.87. The lowest BCUT2D eigenvalue weighted by Gasteiger charge is -2.38. The Morgan fingerprint density at radius 3 is 2.07 bits per heavy atom. The average molecular weight is 206 g/mol. The van der Waals surface area contributed by atoms with Crippen LogP contribution in [0.5, 0.6) is 0 Å². The minimum Gasteiger partial charge on any atom is -0.371 e. The number of nitrogens with zero attached hydrogens (tertiary/aromatic N) is 1. The lowest BCUT2D eigenvalue weighted by molar-refractivity contribution is 0.280. The molecule has 1 aromatic carbocycles. The Bertz CT molecular complexity index is 283. The van der Waals surface area contributed by atoms with Crippen molar-refractivity contribution in [2.24, 2.45) is 5.41 Å². The van der Waals surface area contributed by atoms with Gasteiger partial charge in [0.1, 0.15) is 0 Å². The maximum Gasteiger partial charge on any atom is 0.0366 e. The van der Waals surface area contributed by atoms with Crippen molar-refractivity contribution in [3.63, 3.8) is 0 Å². The van der Waals surface area contributed by atoms with Crippen LogP contribution in [-0.4, -0.2) is 13.1 Å². The molecule has 15 heavy (non-hydrogen) atoms. The molecule has 2 heteroatoms. The standard InChI is InChI=1S/C13H19N.H3N/c1-13(2)8-10-14(11-9-13)12-6-4-3-5-7-12;/h3-7H,8-11H2,1-2H3;1H3. The smallest absolute Gasteiger partial charge is 0.0366 e. The second-order valence-electron chi connectivity index (χ2n) is 4.99. The molecule has 1 aliphatic rings. The summed E-state index contributed by atoms with van der Waals surface area (Å²) in [4.78, 5) is 2.49. The molecule has 0 aromatic heterocycles. The van der Waals surface area contributed by atoms with Gasteiger partial charge in [0.15, 0.2) is 0 Å². The number of piperidine rings is 1. The van der Waals surface area contributed by atoms with E-state index in [0.717, 1.165) is 0 Å². The summed E-state index contributed by atoms with van der Waals surface area (Å²) < 4.78 is 0. The lowest BCUT2D eigenvalue weighted by atomic mass is 9.82. The maximum absolute atomic E-state index is 2.49. The molecule has 0 saturated carbocycles. The van der Waals surface area contributed by atoms with Crippen molar-refractivity contribution in [3.05, 3.63) is 30.3 Å². The molecule has 0 amide bonds. The molecule has 1 fully saturated rings. The number of hydrogen-bond donors (Lipinski definition) is 1. The fraction of sp³-hybridized carbons (Fsp3) is 0.538. The van der Waals surface area contributed by atoms with Crippen molar-refractivity contribution in [2.75, 3.05) is 18.0 Å². The molecule has 1 aromatic rings. The predicted octanol–water partition coefficient (Wildman–Crippen LogP) is 3.48. The normalized spacial score (nSPS) is 19.5. The number of para-hydroxylation sites is 1. The molecular formula is C13H22N2. The third-order valence-corrected chi connectivity index (χ3v) is 3.24. The van der Waals surface area contributed by atoms with Crippen LogP contribution in [0.25, 0.3) is 0 Å². The van der Waals surface area contributed by atoms with E-state index in [1.165, 1.54) is 31.6 Å². The second-order valence-corrected chi connectivity index (χ2v) is 4.99. The molecule has 0 bridgehead atoms. The molecule has 2 rings (SSSR count). The summed E-state index contributed by atoms with van der Waals surface area (Å²) in [6.45, 7) is 7.15. The van der Waals surface area contributed by atoms with Crippen LogP contribution >= 0.6 is 0 Å². The second kappa shape index (κ2) is 4.67. The Labute approximate surface area is 92.9 Å².